The third-order valence-corrected chi connectivity index (χ3v) is 1.85. The lowest BCUT2D eigenvalue weighted by Gasteiger charge is -2.17. The Labute approximate surface area is 74.3 Å². The Morgan fingerprint density at radius 1 is 1.25 bits per heavy atom. The molecule has 2 nitrogen and oxygen atoms in total. The molecule has 0 saturated heterocycles. The second kappa shape index (κ2) is 4.86. The Bertz CT molecular complexity index is 174. The zero-order valence-corrected chi connectivity index (χ0v) is 7.89. The summed E-state index contributed by atoms with van der Waals surface area (Å²) < 4.78 is 5.42. The topological polar surface area (TPSA) is 21.3 Å². The van der Waals surface area contributed by atoms with Crippen molar-refractivity contribution in [1.29, 1.82) is 0 Å². The van der Waals surface area contributed by atoms with Gasteiger partial charge in [-0.2, -0.15) is 0 Å². The predicted octanol–water partition coefficient (Wildman–Crippen LogP) is 2.89. The van der Waals surface area contributed by atoms with Crippen molar-refractivity contribution in [3.8, 4) is 0 Å². The lowest BCUT2D eigenvalue weighted by Crippen LogP contribution is -2.13. The van der Waals surface area contributed by atoms with Gasteiger partial charge >= 0.3 is 0 Å². The summed E-state index contributed by atoms with van der Waals surface area (Å²) in [6.07, 6.45) is 7.98. The van der Waals surface area contributed by atoms with Crippen molar-refractivity contribution >= 4 is 0 Å². The van der Waals surface area contributed by atoms with Crippen LogP contribution in [0.25, 0.3) is 0 Å². The number of allylic oxidation sites excluding steroid dienone is 2. The highest BCUT2D eigenvalue weighted by molar-refractivity contribution is 5.13. The van der Waals surface area contributed by atoms with Crippen LogP contribution in [-0.2, 0) is 4.74 Å². The molecule has 2 heteroatoms. The molecule has 1 heterocycles. The summed E-state index contributed by atoms with van der Waals surface area (Å²) in [5.41, 5.74) is 1.25. The second-order valence-electron chi connectivity index (χ2n) is 2.97. The molecule has 0 atom stereocenters. The molecule has 0 aromatic heterocycles. The molecule has 1 N–H and O–H groups in total. The fourth-order valence-corrected chi connectivity index (χ4v) is 1.30. The van der Waals surface area contributed by atoms with Gasteiger partial charge in [-0.1, -0.05) is 20.3 Å². The third-order valence-electron chi connectivity index (χ3n) is 1.85. The average Bonchev–Trinajstić information content (AvgIpc) is 2.09. The highest BCUT2D eigenvalue weighted by Crippen LogP contribution is 2.18. The van der Waals surface area contributed by atoms with Gasteiger partial charge in [0.15, 0.2) is 0 Å². The first-order chi connectivity index (χ1) is 5.88. The molecule has 0 amide bonds. The molecule has 0 saturated carbocycles. The van der Waals surface area contributed by atoms with Crippen molar-refractivity contribution in [3.05, 3.63) is 23.9 Å². The third kappa shape index (κ3) is 2.29. The zero-order valence-electron chi connectivity index (χ0n) is 7.89. The van der Waals surface area contributed by atoms with Crippen LogP contribution in [0.1, 0.15) is 39.5 Å². The molecule has 68 valence electrons. The molecule has 0 radical (unpaired) electrons. The number of hydrogen-bond acceptors (Lipinski definition) is 2. The minimum absolute atomic E-state index is 1.03. The van der Waals surface area contributed by atoms with Gasteiger partial charge in [0.1, 0.15) is 12.0 Å². The van der Waals surface area contributed by atoms with Crippen LogP contribution in [0.15, 0.2) is 23.9 Å². The summed E-state index contributed by atoms with van der Waals surface area (Å²) in [6, 6.07) is 0. The van der Waals surface area contributed by atoms with Gasteiger partial charge in [-0.25, -0.2) is 0 Å². The zero-order chi connectivity index (χ0) is 8.81. The van der Waals surface area contributed by atoms with Crippen LogP contribution < -0.4 is 5.32 Å². The fourth-order valence-electron chi connectivity index (χ4n) is 1.30. The first-order valence-corrected chi connectivity index (χ1v) is 4.68. The monoisotopic (exact) mass is 167 g/mol. The minimum atomic E-state index is 1.03. The number of nitrogens with one attached hydrogen (secondary N) is 1. The van der Waals surface area contributed by atoms with Crippen LogP contribution in [0.4, 0.5) is 0 Å². The van der Waals surface area contributed by atoms with Crippen LogP contribution >= 0.6 is 0 Å². The Balaban J connectivity index is 2.57. The lowest BCUT2D eigenvalue weighted by molar-refractivity contribution is 0.309. The van der Waals surface area contributed by atoms with Gasteiger partial charge in [-0.05, 0) is 12.8 Å². The number of ether oxygens (including phenoxy) is 1. The van der Waals surface area contributed by atoms with Crippen LogP contribution in [0.5, 0.6) is 0 Å². The van der Waals surface area contributed by atoms with E-state index in [1.54, 1.807) is 6.26 Å². The van der Waals surface area contributed by atoms with Crippen LogP contribution in [0.3, 0.4) is 0 Å². The number of hydrogen-bond donors (Lipinski definition) is 1. The van der Waals surface area contributed by atoms with Gasteiger partial charge in [0, 0.05) is 12.6 Å². The first-order valence-electron chi connectivity index (χ1n) is 4.68. The highest BCUT2D eigenvalue weighted by Gasteiger charge is 2.07. The molecule has 0 spiro atoms. The molecular formula is C10H17NO. The summed E-state index contributed by atoms with van der Waals surface area (Å²) in [4.78, 5) is 0. The Morgan fingerprint density at radius 3 is 2.67 bits per heavy atom. The number of rotatable bonds is 4. The van der Waals surface area contributed by atoms with E-state index in [2.05, 4.69) is 19.2 Å². The van der Waals surface area contributed by atoms with Crippen LogP contribution in [0, 0.1) is 0 Å². The predicted molar refractivity (Wildman–Crippen MR) is 50.2 cm³/mol. The summed E-state index contributed by atoms with van der Waals surface area (Å²) in [5, 5.41) is 3.23. The maximum absolute atomic E-state index is 5.42. The maximum Gasteiger partial charge on any atom is 0.122 e. The van der Waals surface area contributed by atoms with Gasteiger partial charge in [0.2, 0.25) is 0 Å². The van der Waals surface area contributed by atoms with Crippen molar-refractivity contribution < 1.29 is 4.74 Å². The van der Waals surface area contributed by atoms with E-state index in [-0.39, 0.29) is 0 Å². The molecule has 0 aromatic rings. The van der Waals surface area contributed by atoms with Crippen molar-refractivity contribution in [1.82, 2.24) is 5.32 Å². The molecule has 0 aliphatic carbocycles. The molecule has 0 unspecified atom stereocenters. The van der Waals surface area contributed by atoms with Crippen molar-refractivity contribution in [2.24, 2.45) is 0 Å². The van der Waals surface area contributed by atoms with E-state index < -0.39 is 0 Å². The van der Waals surface area contributed by atoms with E-state index in [0.717, 1.165) is 31.4 Å². The average molecular weight is 167 g/mol. The molecule has 0 bridgehead atoms. The van der Waals surface area contributed by atoms with Crippen LogP contribution in [0.2, 0.25) is 0 Å². The summed E-state index contributed by atoms with van der Waals surface area (Å²) in [6.45, 7) is 4.34. The van der Waals surface area contributed by atoms with Gasteiger partial charge in [0.25, 0.3) is 0 Å². The van der Waals surface area contributed by atoms with Gasteiger partial charge in [-0.3, -0.25) is 0 Å². The minimum Gasteiger partial charge on any atom is -0.466 e. The normalized spacial score (nSPS) is 15.8. The van der Waals surface area contributed by atoms with Crippen molar-refractivity contribution in [2.45, 2.75) is 39.5 Å². The van der Waals surface area contributed by atoms with Gasteiger partial charge < -0.3 is 10.1 Å². The molecule has 0 aromatic carbocycles. The summed E-state index contributed by atoms with van der Waals surface area (Å²) >= 11 is 0. The molecule has 12 heavy (non-hydrogen) atoms. The summed E-state index contributed by atoms with van der Waals surface area (Å²) in [5.74, 6) is 1.11. The summed E-state index contributed by atoms with van der Waals surface area (Å²) in [7, 11) is 0. The van der Waals surface area contributed by atoms with Crippen molar-refractivity contribution in [3.63, 3.8) is 0 Å². The van der Waals surface area contributed by atoms with Crippen LogP contribution in [-0.4, -0.2) is 0 Å². The van der Waals surface area contributed by atoms with E-state index in [4.69, 9.17) is 4.74 Å². The molecular weight excluding hydrogens is 150 g/mol. The standard InChI is InChI=1S/C10H17NO/c1-3-5-9-10(6-4-2)12-8-7-11-9/h7-8,11H,3-6H2,1-2H3. The molecule has 1 rings (SSSR count). The van der Waals surface area contributed by atoms with Gasteiger partial charge in [0.05, 0.1) is 5.70 Å². The van der Waals surface area contributed by atoms with E-state index in [0.29, 0.717) is 0 Å². The van der Waals surface area contributed by atoms with Gasteiger partial charge in [-0.15, -0.1) is 0 Å². The van der Waals surface area contributed by atoms with E-state index in [1.165, 1.54) is 5.70 Å². The Kier molecular flexibility index (Phi) is 3.71. The highest BCUT2D eigenvalue weighted by atomic mass is 16.5. The molecule has 1 aliphatic heterocycles. The second-order valence-corrected chi connectivity index (χ2v) is 2.97. The van der Waals surface area contributed by atoms with E-state index in [9.17, 15) is 0 Å². The smallest absolute Gasteiger partial charge is 0.122 e. The largest absolute Gasteiger partial charge is 0.466 e. The van der Waals surface area contributed by atoms with E-state index in [1.807, 2.05) is 6.20 Å². The molecule has 0 fully saturated rings. The first kappa shape index (κ1) is 9.17. The van der Waals surface area contributed by atoms with E-state index >= 15 is 0 Å². The quantitative estimate of drug-likeness (QED) is 0.695. The Morgan fingerprint density at radius 2 is 2.00 bits per heavy atom. The Hall–Kier alpha value is -0.920. The lowest BCUT2D eigenvalue weighted by atomic mass is 10.1. The SMILES string of the molecule is CCCC1=C(CCC)OC=CN1. The maximum atomic E-state index is 5.42. The fraction of sp³-hybridized carbons (Fsp3) is 0.600. The van der Waals surface area contributed by atoms with Crippen molar-refractivity contribution in [2.75, 3.05) is 0 Å². The molecule has 1 aliphatic rings.